The molecule has 1 saturated heterocycles. The van der Waals surface area contributed by atoms with Crippen LogP contribution in [-0.2, 0) is 6.42 Å². The summed E-state index contributed by atoms with van der Waals surface area (Å²) >= 11 is 4.93. The lowest BCUT2D eigenvalue weighted by atomic mass is 10.4. The van der Waals surface area contributed by atoms with Gasteiger partial charge in [-0.2, -0.15) is 5.10 Å². The fourth-order valence-corrected chi connectivity index (χ4v) is 1.93. The van der Waals surface area contributed by atoms with Crippen molar-refractivity contribution < 1.29 is 0 Å². The summed E-state index contributed by atoms with van der Waals surface area (Å²) in [5.74, 6) is 6.52. The normalized spacial score (nSPS) is 17.7. The van der Waals surface area contributed by atoms with Gasteiger partial charge in [0.15, 0.2) is 5.82 Å². The summed E-state index contributed by atoms with van der Waals surface area (Å²) in [5.41, 5.74) is 0. The maximum Gasteiger partial charge on any atom is 0.214 e. The summed E-state index contributed by atoms with van der Waals surface area (Å²) in [4.78, 5) is 2.43. The molecule has 2 rings (SSSR count). The lowest BCUT2D eigenvalue weighted by Gasteiger charge is -2.13. The smallest absolute Gasteiger partial charge is 0.214 e. The molecule has 5 nitrogen and oxygen atoms in total. The largest absolute Gasteiger partial charge is 0.335 e. The molecule has 14 heavy (non-hydrogen) atoms. The Balaban J connectivity index is 1.91. The van der Waals surface area contributed by atoms with Gasteiger partial charge < -0.3 is 10.7 Å². The van der Waals surface area contributed by atoms with E-state index in [1.54, 1.807) is 0 Å². The molecule has 0 radical (unpaired) electrons. The summed E-state index contributed by atoms with van der Waals surface area (Å²) in [5, 5.41) is 6.75. The minimum atomic E-state index is 0.487. The van der Waals surface area contributed by atoms with Crippen molar-refractivity contribution in [2.45, 2.75) is 19.3 Å². The summed E-state index contributed by atoms with van der Waals surface area (Å²) in [6, 6.07) is 0. The minimum Gasteiger partial charge on any atom is -0.335 e. The number of nitrogens with zero attached hydrogens (tertiary/aromatic N) is 3. The van der Waals surface area contributed by atoms with Crippen LogP contribution in [0.4, 0.5) is 0 Å². The standard InChI is InChI=1S/C8H15N5S/c9-13-7(10-11-8(13)14)3-6-12-4-1-2-5-12/h1-6,9H2,(H,11,14). The number of nitrogen functional groups attached to an aromatic ring is 1. The first-order chi connectivity index (χ1) is 6.77. The molecular formula is C8H15N5S. The molecule has 0 aliphatic carbocycles. The Morgan fingerprint density at radius 2 is 2.14 bits per heavy atom. The van der Waals surface area contributed by atoms with E-state index in [1.165, 1.54) is 30.6 Å². The highest BCUT2D eigenvalue weighted by atomic mass is 32.1. The van der Waals surface area contributed by atoms with E-state index in [9.17, 15) is 0 Å². The van der Waals surface area contributed by atoms with Crippen molar-refractivity contribution in [3.63, 3.8) is 0 Å². The van der Waals surface area contributed by atoms with Crippen LogP contribution in [0, 0.1) is 4.77 Å². The number of hydrogen-bond donors (Lipinski definition) is 2. The van der Waals surface area contributed by atoms with Gasteiger partial charge >= 0.3 is 0 Å². The highest BCUT2D eigenvalue weighted by Gasteiger charge is 2.12. The van der Waals surface area contributed by atoms with Crippen LogP contribution in [0.15, 0.2) is 0 Å². The molecule has 0 unspecified atom stereocenters. The fourth-order valence-electron chi connectivity index (χ4n) is 1.78. The molecule has 1 aromatic heterocycles. The van der Waals surface area contributed by atoms with Gasteiger partial charge in [0.25, 0.3) is 0 Å². The molecule has 6 heteroatoms. The fraction of sp³-hybridized carbons (Fsp3) is 0.750. The Hall–Kier alpha value is -0.880. The topological polar surface area (TPSA) is 62.9 Å². The van der Waals surface area contributed by atoms with Crippen LogP contribution in [0.5, 0.6) is 0 Å². The predicted octanol–water partition coefficient (Wildman–Crippen LogP) is 0.293. The van der Waals surface area contributed by atoms with Gasteiger partial charge in [0, 0.05) is 13.0 Å². The maximum absolute atomic E-state index is 5.69. The van der Waals surface area contributed by atoms with Crippen LogP contribution in [0.1, 0.15) is 18.7 Å². The SMILES string of the molecule is Nn1c(CCN2CCCC2)n[nH]c1=S. The Bertz CT molecular complexity index is 349. The highest BCUT2D eigenvalue weighted by molar-refractivity contribution is 7.71. The van der Waals surface area contributed by atoms with Gasteiger partial charge in [-0.25, -0.2) is 4.68 Å². The zero-order valence-corrected chi connectivity index (χ0v) is 8.89. The molecule has 1 aliphatic heterocycles. The van der Waals surface area contributed by atoms with Crippen LogP contribution in [-0.4, -0.2) is 39.4 Å². The molecule has 0 spiro atoms. The predicted molar refractivity (Wildman–Crippen MR) is 56.9 cm³/mol. The van der Waals surface area contributed by atoms with Gasteiger partial charge in [-0.3, -0.25) is 5.10 Å². The average molecular weight is 213 g/mol. The molecule has 0 aromatic carbocycles. The van der Waals surface area contributed by atoms with Crippen LogP contribution in [0.2, 0.25) is 0 Å². The van der Waals surface area contributed by atoms with Crippen molar-refractivity contribution in [3.8, 4) is 0 Å². The molecule has 2 heterocycles. The van der Waals surface area contributed by atoms with E-state index in [-0.39, 0.29) is 0 Å². The number of nitrogens with two attached hydrogens (primary N) is 1. The lowest BCUT2D eigenvalue weighted by molar-refractivity contribution is 0.339. The first-order valence-corrected chi connectivity index (χ1v) is 5.32. The van der Waals surface area contributed by atoms with Crippen LogP contribution in [0.25, 0.3) is 0 Å². The number of hydrogen-bond acceptors (Lipinski definition) is 4. The summed E-state index contributed by atoms with van der Waals surface area (Å²) in [6.07, 6.45) is 3.49. The van der Waals surface area contributed by atoms with Gasteiger partial charge in [0.2, 0.25) is 4.77 Å². The van der Waals surface area contributed by atoms with Crippen molar-refractivity contribution in [3.05, 3.63) is 10.6 Å². The number of likely N-dealkylation sites (tertiary alicyclic amines) is 1. The zero-order chi connectivity index (χ0) is 9.97. The van der Waals surface area contributed by atoms with E-state index in [1.807, 2.05) is 0 Å². The van der Waals surface area contributed by atoms with Gasteiger partial charge in [-0.15, -0.1) is 0 Å². The first kappa shape index (κ1) is 9.67. The van der Waals surface area contributed by atoms with Crippen molar-refractivity contribution in [2.24, 2.45) is 0 Å². The Labute approximate surface area is 87.9 Å². The van der Waals surface area contributed by atoms with Gasteiger partial charge in [0.1, 0.15) is 0 Å². The molecule has 3 N–H and O–H groups in total. The van der Waals surface area contributed by atoms with Gasteiger partial charge in [0.05, 0.1) is 0 Å². The second-order valence-corrected chi connectivity index (χ2v) is 4.00. The Kier molecular flexibility index (Phi) is 2.83. The lowest BCUT2D eigenvalue weighted by Crippen LogP contribution is -2.24. The van der Waals surface area contributed by atoms with E-state index in [0.29, 0.717) is 4.77 Å². The van der Waals surface area contributed by atoms with Crippen LogP contribution >= 0.6 is 12.2 Å². The van der Waals surface area contributed by atoms with Crippen molar-refractivity contribution in [1.82, 2.24) is 19.8 Å². The number of aromatic amines is 1. The van der Waals surface area contributed by atoms with Crippen LogP contribution < -0.4 is 5.84 Å². The number of rotatable bonds is 3. The van der Waals surface area contributed by atoms with E-state index < -0.39 is 0 Å². The Morgan fingerprint density at radius 1 is 1.43 bits per heavy atom. The van der Waals surface area contributed by atoms with E-state index in [2.05, 4.69) is 15.1 Å². The highest BCUT2D eigenvalue weighted by Crippen LogP contribution is 2.07. The summed E-state index contributed by atoms with van der Waals surface area (Å²) in [7, 11) is 0. The van der Waals surface area contributed by atoms with Gasteiger partial charge in [-0.1, -0.05) is 0 Å². The quantitative estimate of drug-likeness (QED) is 0.560. The van der Waals surface area contributed by atoms with Crippen molar-refractivity contribution >= 4 is 12.2 Å². The second-order valence-electron chi connectivity index (χ2n) is 3.61. The third-order valence-electron chi connectivity index (χ3n) is 2.63. The third-order valence-corrected chi connectivity index (χ3v) is 2.92. The molecule has 0 atom stereocenters. The third kappa shape index (κ3) is 1.96. The van der Waals surface area contributed by atoms with Gasteiger partial charge in [-0.05, 0) is 38.1 Å². The van der Waals surface area contributed by atoms with Crippen molar-refractivity contribution in [1.29, 1.82) is 0 Å². The molecule has 0 amide bonds. The molecule has 1 aromatic rings. The van der Waals surface area contributed by atoms with Crippen molar-refractivity contribution in [2.75, 3.05) is 25.5 Å². The number of nitrogens with one attached hydrogen (secondary N) is 1. The molecular weight excluding hydrogens is 198 g/mol. The first-order valence-electron chi connectivity index (χ1n) is 4.91. The second kappa shape index (κ2) is 4.10. The zero-order valence-electron chi connectivity index (χ0n) is 8.07. The monoisotopic (exact) mass is 213 g/mol. The Morgan fingerprint density at radius 3 is 2.71 bits per heavy atom. The number of H-pyrrole nitrogens is 1. The minimum absolute atomic E-state index is 0.487. The average Bonchev–Trinajstić information content (AvgIpc) is 2.77. The molecule has 0 saturated carbocycles. The molecule has 78 valence electrons. The summed E-state index contributed by atoms with van der Waals surface area (Å²) < 4.78 is 1.94. The van der Waals surface area contributed by atoms with Crippen LogP contribution in [0.3, 0.4) is 0 Å². The van der Waals surface area contributed by atoms with E-state index in [0.717, 1.165) is 18.8 Å². The molecule has 1 fully saturated rings. The maximum atomic E-state index is 5.69. The molecule has 0 bridgehead atoms. The molecule has 1 aliphatic rings. The van der Waals surface area contributed by atoms with E-state index >= 15 is 0 Å². The summed E-state index contributed by atoms with van der Waals surface area (Å²) in [6.45, 7) is 3.43. The number of aromatic nitrogens is 3. The van der Waals surface area contributed by atoms with E-state index in [4.69, 9.17) is 18.1 Å².